The zero-order valence-electron chi connectivity index (χ0n) is 33.0. The molecule has 54 heavy (non-hydrogen) atoms. The number of ketones is 2. The minimum absolute atomic E-state index is 0.0268. The third-order valence-corrected chi connectivity index (χ3v) is 9.70. The van der Waals surface area contributed by atoms with Gasteiger partial charge < -0.3 is 25.2 Å². The van der Waals surface area contributed by atoms with E-state index >= 15 is 0 Å². The summed E-state index contributed by atoms with van der Waals surface area (Å²) in [5.74, 6) is 0.334. The van der Waals surface area contributed by atoms with Gasteiger partial charge >= 0.3 is 6.09 Å². The third kappa shape index (κ3) is 10.3. The lowest BCUT2D eigenvalue weighted by atomic mass is 9.75. The average Bonchev–Trinajstić information content (AvgIpc) is 3.48. The lowest BCUT2D eigenvalue weighted by molar-refractivity contribution is -0.147. The molecule has 0 aromatic heterocycles. The van der Waals surface area contributed by atoms with Crippen molar-refractivity contribution in [2.24, 2.45) is 10.8 Å². The monoisotopic (exact) mass is 732 g/mol. The van der Waals surface area contributed by atoms with Crippen LogP contribution in [-0.4, -0.2) is 42.5 Å². The van der Waals surface area contributed by atoms with Gasteiger partial charge in [-0.3, -0.25) is 9.59 Å². The Kier molecular flexibility index (Phi) is 13.7. The van der Waals surface area contributed by atoms with E-state index in [0.717, 1.165) is 11.1 Å². The normalized spacial score (nSPS) is 13.9. The first-order valence-corrected chi connectivity index (χ1v) is 18.5. The molecule has 0 radical (unpaired) electrons. The van der Waals surface area contributed by atoms with Gasteiger partial charge in [-0.05, 0) is 58.4 Å². The lowest BCUT2D eigenvalue weighted by Gasteiger charge is -2.32. The van der Waals surface area contributed by atoms with Gasteiger partial charge in [0.1, 0.15) is 12.2 Å². The number of rotatable bonds is 13. The van der Waals surface area contributed by atoms with E-state index in [1.54, 1.807) is 12.1 Å². The first-order valence-electron chi connectivity index (χ1n) is 18.5. The fourth-order valence-corrected chi connectivity index (χ4v) is 6.67. The fourth-order valence-electron chi connectivity index (χ4n) is 6.67. The molecule has 1 aliphatic carbocycles. The van der Waals surface area contributed by atoms with Crippen LogP contribution in [0.25, 0.3) is 11.1 Å². The second-order valence-corrected chi connectivity index (χ2v) is 15.8. The van der Waals surface area contributed by atoms with E-state index in [0.29, 0.717) is 30.8 Å². The molecule has 2 atom stereocenters. The van der Waals surface area contributed by atoms with Gasteiger partial charge in [-0.1, -0.05) is 152 Å². The number of hydrogen-bond donors (Lipinski definition) is 3. The molecule has 1 aliphatic rings. The maximum absolute atomic E-state index is 12.9. The van der Waals surface area contributed by atoms with E-state index in [-0.39, 0.29) is 24.1 Å². The number of benzene rings is 4. The number of methoxy groups -OCH3 is 1. The van der Waals surface area contributed by atoms with Crippen LogP contribution in [0, 0.1) is 10.8 Å². The number of carbonyl (C=O) groups excluding carboxylic acids is 3. The van der Waals surface area contributed by atoms with E-state index in [2.05, 4.69) is 41.5 Å². The quantitative estimate of drug-likeness (QED) is 0.118. The number of nitrogens with one attached hydrogen (secondary N) is 2. The first-order chi connectivity index (χ1) is 25.5. The summed E-state index contributed by atoms with van der Waals surface area (Å²) < 4.78 is 10.8. The van der Waals surface area contributed by atoms with Crippen LogP contribution < -0.4 is 10.6 Å². The highest BCUT2D eigenvalue weighted by molar-refractivity contribution is 5.92. The number of aliphatic hydroxyl groups is 1. The predicted molar refractivity (Wildman–Crippen MR) is 215 cm³/mol. The Labute approximate surface area is 321 Å². The summed E-state index contributed by atoms with van der Waals surface area (Å²) in [6.07, 6.45) is 0.445. The lowest BCUT2D eigenvalue weighted by Crippen LogP contribution is -2.44. The number of hydrogen-bond acceptors (Lipinski definition) is 7. The fraction of sp³-hybridized carbons (Fsp3) is 0.370. The Morgan fingerprint density at radius 3 is 1.78 bits per heavy atom. The number of amides is 1. The van der Waals surface area contributed by atoms with E-state index in [9.17, 15) is 19.5 Å². The Hall–Kier alpha value is -5.21. The van der Waals surface area contributed by atoms with Crippen LogP contribution in [0.5, 0.6) is 0 Å². The second kappa shape index (κ2) is 17.7. The topological polar surface area (TPSA) is 114 Å². The molecule has 0 fully saturated rings. The molecule has 2 unspecified atom stereocenters. The summed E-state index contributed by atoms with van der Waals surface area (Å²) in [6, 6.07) is 33.1. The van der Waals surface area contributed by atoms with Gasteiger partial charge in [0.25, 0.3) is 0 Å². The molecule has 8 nitrogen and oxygen atoms in total. The molecule has 4 aromatic carbocycles. The van der Waals surface area contributed by atoms with Gasteiger partial charge in [-0.2, -0.15) is 0 Å². The van der Waals surface area contributed by atoms with Gasteiger partial charge in [0, 0.05) is 23.3 Å². The van der Waals surface area contributed by atoms with E-state index in [1.807, 2.05) is 115 Å². The molecular weight excluding hydrogens is 677 g/mol. The minimum Gasteiger partial charge on any atom is -0.483 e. The van der Waals surface area contributed by atoms with Crippen molar-refractivity contribution in [3.05, 3.63) is 143 Å². The smallest absolute Gasteiger partial charge is 0.407 e. The number of carbonyl (C=O) groups is 3. The molecule has 8 heteroatoms. The Morgan fingerprint density at radius 1 is 0.759 bits per heavy atom. The average molecular weight is 733 g/mol. The predicted octanol–water partition coefficient (Wildman–Crippen LogP) is 8.86. The van der Waals surface area contributed by atoms with Gasteiger partial charge in [-0.15, -0.1) is 0 Å². The van der Waals surface area contributed by atoms with Crippen LogP contribution in [0.15, 0.2) is 116 Å². The highest BCUT2D eigenvalue weighted by Crippen LogP contribution is 2.44. The maximum Gasteiger partial charge on any atom is 0.407 e. The van der Waals surface area contributed by atoms with E-state index < -0.39 is 28.6 Å². The summed E-state index contributed by atoms with van der Waals surface area (Å²) in [6.45, 7) is 17.5. The molecule has 0 heterocycles. The van der Waals surface area contributed by atoms with Crippen molar-refractivity contribution in [3.8, 4) is 11.1 Å². The molecule has 5 rings (SSSR count). The first kappa shape index (κ1) is 41.5. The third-order valence-electron chi connectivity index (χ3n) is 9.70. The maximum atomic E-state index is 12.9. The summed E-state index contributed by atoms with van der Waals surface area (Å²) in [7, 11) is 1.52. The molecule has 0 aliphatic heterocycles. The number of fused-ring (bicyclic) bond motifs is 3. The Morgan fingerprint density at radius 2 is 1.28 bits per heavy atom. The van der Waals surface area contributed by atoms with Gasteiger partial charge in [0.05, 0.1) is 13.2 Å². The van der Waals surface area contributed by atoms with Crippen molar-refractivity contribution >= 4 is 17.7 Å². The summed E-state index contributed by atoms with van der Waals surface area (Å²) >= 11 is 0. The zero-order valence-corrected chi connectivity index (χ0v) is 33.0. The summed E-state index contributed by atoms with van der Waals surface area (Å²) in [5, 5.41) is 16.5. The van der Waals surface area contributed by atoms with Crippen LogP contribution in [0.4, 0.5) is 4.79 Å². The number of ether oxygens (including phenoxy) is 2. The van der Waals surface area contributed by atoms with Gasteiger partial charge in [0.2, 0.25) is 0 Å². The minimum atomic E-state index is -1.36. The van der Waals surface area contributed by atoms with Gasteiger partial charge in [-0.25, -0.2) is 4.79 Å². The number of alkyl carbamates (subject to hydrolysis) is 1. The molecule has 4 aromatic rings. The molecule has 3 N–H and O–H groups in total. The van der Waals surface area contributed by atoms with Crippen LogP contribution in [-0.2, 0) is 37.6 Å². The SMILES string of the molecule is C=C(NC(Cc1ccc(CNC(=O)OCC2c3ccccc3-c3ccccc32)cc1)C(=O)C(C)(C)C)OC.CCC(O)(C(=O)C(C)(C)C)c1ccccc1. The van der Waals surface area contributed by atoms with E-state index in [4.69, 9.17) is 9.47 Å². The summed E-state index contributed by atoms with van der Waals surface area (Å²) in [5.41, 5.74) is 4.98. The molecular formula is C46H56N2O6. The zero-order chi connectivity index (χ0) is 39.7. The molecule has 0 bridgehead atoms. The van der Waals surface area contributed by atoms with Crippen molar-refractivity contribution < 1.29 is 29.0 Å². The molecule has 0 saturated carbocycles. The standard InChI is InChI=1S/C32H36N2O4.C14H20O2/c1-21(37-5)34-29(30(35)32(2,3)4)18-22-14-16-23(17-15-22)19-33-31(36)38-20-28-26-12-8-6-10-24(26)25-11-7-9-13-27(25)28;1-5-14(16,12(15)13(2,3)4)11-9-7-6-8-10-11/h6-17,28-29,34H,1,18-20H2,2-5H3,(H,33,36);6-10,16H,5H2,1-4H3. The van der Waals surface area contributed by atoms with Crippen molar-refractivity contribution in [1.82, 2.24) is 10.6 Å². The summed E-state index contributed by atoms with van der Waals surface area (Å²) in [4.78, 5) is 37.7. The second-order valence-electron chi connectivity index (χ2n) is 15.8. The molecule has 286 valence electrons. The number of Topliss-reactive ketones (excluding diaryl/α,β-unsaturated/α-hetero) is 2. The largest absolute Gasteiger partial charge is 0.483 e. The van der Waals surface area contributed by atoms with Crippen LogP contribution >= 0.6 is 0 Å². The van der Waals surface area contributed by atoms with Crippen molar-refractivity contribution in [1.29, 1.82) is 0 Å². The molecule has 1 amide bonds. The Bertz CT molecular complexity index is 1860. The molecule has 0 spiro atoms. The van der Waals surface area contributed by atoms with Crippen LogP contribution in [0.3, 0.4) is 0 Å². The molecule has 0 saturated heterocycles. The van der Waals surface area contributed by atoms with Crippen LogP contribution in [0.2, 0.25) is 0 Å². The van der Waals surface area contributed by atoms with Gasteiger partial charge in [0.15, 0.2) is 17.4 Å². The highest BCUT2D eigenvalue weighted by atomic mass is 16.5. The van der Waals surface area contributed by atoms with Crippen molar-refractivity contribution in [2.75, 3.05) is 13.7 Å². The van der Waals surface area contributed by atoms with Crippen molar-refractivity contribution in [3.63, 3.8) is 0 Å². The van der Waals surface area contributed by atoms with Crippen LogP contribution in [0.1, 0.15) is 88.6 Å². The highest BCUT2D eigenvalue weighted by Gasteiger charge is 2.42. The Balaban J connectivity index is 0.000000340. The van der Waals surface area contributed by atoms with Crippen molar-refractivity contribution in [2.45, 2.75) is 85.4 Å². The van der Waals surface area contributed by atoms with E-state index in [1.165, 1.54) is 29.4 Å².